The van der Waals surface area contributed by atoms with E-state index in [4.69, 9.17) is 14.2 Å². The van der Waals surface area contributed by atoms with Gasteiger partial charge in [0.2, 0.25) is 10.0 Å². The fourth-order valence-corrected chi connectivity index (χ4v) is 4.60. The third-order valence-electron chi connectivity index (χ3n) is 4.57. The Labute approximate surface area is 175 Å². The van der Waals surface area contributed by atoms with E-state index in [-0.39, 0.29) is 36.8 Å². The first-order valence-electron chi connectivity index (χ1n) is 9.47. The van der Waals surface area contributed by atoms with Crippen LogP contribution in [0.5, 0.6) is 0 Å². The molecular weight excluding hydrogens is 410 g/mol. The molecule has 0 amide bonds. The summed E-state index contributed by atoms with van der Waals surface area (Å²) >= 11 is 0. The molecule has 8 nitrogen and oxygen atoms in total. The second-order valence-electron chi connectivity index (χ2n) is 6.63. The normalized spacial score (nSPS) is 14.8. The number of aryl methyl sites for hydroxylation is 1. The Bertz CT molecular complexity index is 999. The molecule has 1 aliphatic heterocycles. The van der Waals surface area contributed by atoms with Crippen LogP contribution < -0.4 is 0 Å². The van der Waals surface area contributed by atoms with E-state index >= 15 is 0 Å². The number of carbonyl (C=O) groups excluding carboxylic acids is 2. The van der Waals surface area contributed by atoms with Crippen LogP contribution in [0.3, 0.4) is 0 Å². The number of benzene rings is 2. The van der Waals surface area contributed by atoms with Gasteiger partial charge in [-0.3, -0.25) is 0 Å². The Morgan fingerprint density at radius 2 is 1.53 bits per heavy atom. The van der Waals surface area contributed by atoms with Crippen LogP contribution in [-0.4, -0.2) is 64.2 Å². The van der Waals surface area contributed by atoms with E-state index in [1.54, 1.807) is 43.3 Å². The van der Waals surface area contributed by atoms with E-state index in [0.717, 1.165) is 0 Å². The summed E-state index contributed by atoms with van der Waals surface area (Å²) in [6.07, 6.45) is 0. The summed E-state index contributed by atoms with van der Waals surface area (Å²) in [5.74, 6) is -1.20. The zero-order valence-corrected chi connectivity index (χ0v) is 17.4. The van der Waals surface area contributed by atoms with Crippen molar-refractivity contribution in [3.05, 3.63) is 65.2 Å². The molecule has 3 rings (SSSR count). The first-order valence-corrected chi connectivity index (χ1v) is 10.9. The Balaban J connectivity index is 1.60. The molecule has 0 unspecified atom stereocenters. The van der Waals surface area contributed by atoms with Gasteiger partial charge in [-0.05, 0) is 36.8 Å². The van der Waals surface area contributed by atoms with Crippen LogP contribution in [0.25, 0.3) is 0 Å². The number of ether oxygens (including phenoxy) is 3. The molecule has 0 radical (unpaired) electrons. The van der Waals surface area contributed by atoms with Crippen LogP contribution in [0.2, 0.25) is 0 Å². The largest absolute Gasteiger partial charge is 0.458 e. The van der Waals surface area contributed by atoms with Crippen molar-refractivity contribution in [1.82, 2.24) is 4.31 Å². The average molecular weight is 433 g/mol. The van der Waals surface area contributed by atoms with Gasteiger partial charge >= 0.3 is 11.9 Å². The van der Waals surface area contributed by atoms with E-state index in [1.165, 1.54) is 16.4 Å². The van der Waals surface area contributed by atoms with Crippen molar-refractivity contribution in [3.8, 4) is 0 Å². The minimum Gasteiger partial charge on any atom is -0.458 e. The van der Waals surface area contributed by atoms with E-state index in [1.807, 2.05) is 0 Å². The number of carbonyl (C=O) groups is 2. The highest BCUT2D eigenvalue weighted by Gasteiger charge is 2.28. The molecule has 1 aliphatic rings. The molecule has 1 saturated heterocycles. The van der Waals surface area contributed by atoms with Gasteiger partial charge in [-0.1, -0.05) is 24.3 Å². The lowest BCUT2D eigenvalue weighted by molar-refractivity contribution is 0.0265. The smallest absolute Gasteiger partial charge is 0.338 e. The quantitative estimate of drug-likeness (QED) is 0.487. The summed E-state index contributed by atoms with van der Waals surface area (Å²) in [5, 5.41) is 0. The summed E-state index contributed by atoms with van der Waals surface area (Å²) in [4.78, 5) is 24.3. The van der Waals surface area contributed by atoms with Crippen molar-refractivity contribution in [2.24, 2.45) is 0 Å². The highest BCUT2D eigenvalue weighted by molar-refractivity contribution is 7.89. The van der Waals surface area contributed by atoms with Crippen molar-refractivity contribution in [3.63, 3.8) is 0 Å². The van der Waals surface area contributed by atoms with E-state index in [2.05, 4.69) is 0 Å². The molecule has 1 fully saturated rings. The third-order valence-corrected chi connectivity index (χ3v) is 6.61. The van der Waals surface area contributed by atoms with Crippen LogP contribution in [-0.2, 0) is 24.2 Å². The SMILES string of the molecule is Cc1ccc(C(=O)OCCOC(=O)c2ccccc2)cc1S(=O)(=O)N1CCOCC1. The van der Waals surface area contributed by atoms with Crippen LogP contribution in [0, 0.1) is 6.92 Å². The Hall–Kier alpha value is -2.75. The topological polar surface area (TPSA) is 99.2 Å². The number of hydrogen-bond donors (Lipinski definition) is 0. The maximum Gasteiger partial charge on any atom is 0.338 e. The zero-order valence-electron chi connectivity index (χ0n) is 16.6. The third kappa shape index (κ3) is 5.24. The second-order valence-corrected chi connectivity index (χ2v) is 8.54. The Morgan fingerprint density at radius 3 is 2.17 bits per heavy atom. The van der Waals surface area contributed by atoms with Crippen molar-refractivity contribution >= 4 is 22.0 Å². The molecule has 2 aromatic carbocycles. The fraction of sp³-hybridized carbons (Fsp3) is 0.333. The van der Waals surface area contributed by atoms with E-state index < -0.39 is 22.0 Å². The zero-order chi connectivity index (χ0) is 21.6. The Kier molecular flexibility index (Phi) is 7.20. The number of sulfonamides is 1. The minimum atomic E-state index is -3.74. The predicted octanol–water partition coefficient (Wildman–Crippen LogP) is 2.03. The van der Waals surface area contributed by atoms with Crippen LogP contribution >= 0.6 is 0 Å². The standard InChI is InChI=1S/C21H23NO7S/c1-16-7-8-18(15-19(16)30(25,26)22-9-11-27-12-10-22)21(24)29-14-13-28-20(23)17-5-3-2-4-6-17/h2-8,15H,9-14H2,1H3. The maximum atomic E-state index is 12.9. The van der Waals surface area contributed by atoms with Crippen LogP contribution in [0.4, 0.5) is 0 Å². The molecule has 160 valence electrons. The lowest BCUT2D eigenvalue weighted by Gasteiger charge is -2.26. The van der Waals surface area contributed by atoms with Crippen molar-refractivity contribution in [1.29, 1.82) is 0 Å². The van der Waals surface area contributed by atoms with Crippen molar-refractivity contribution in [2.75, 3.05) is 39.5 Å². The molecule has 0 bridgehead atoms. The van der Waals surface area contributed by atoms with Crippen LogP contribution in [0.15, 0.2) is 53.4 Å². The van der Waals surface area contributed by atoms with Gasteiger partial charge in [-0.15, -0.1) is 0 Å². The van der Waals surface area contributed by atoms with Crippen LogP contribution in [0.1, 0.15) is 26.3 Å². The first kappa shape index (κ1) is 21.9. The molecule has 0 aliphatic carbocycles. The van der Waals surface area contributed by atoms with Gasteiger partial charge in [0, 0.05) is 13.1 Å². The highest BCUT2D eigenvalue weighted by Crippen LogP contribution is 2.22. The highest BCUT2D eigenvalue weighted by atomic mass is 32.2. The van der Waals surface area contributed by atoms with Gasteiger partial charge in [0.25, 0.3) is 0 Å². The summed E-state index contributed by atoms with van der Waals surface area (Å²) in [6, 6.07) is 12.9. The van der Waals surface area contributed by atoms with Crippen molar-refractivity contribution < 1.29 is 32.2 Å². The molecule has 0 spiro atoms. The first-order chi connectivity index (χ1) is 14.4. The molecule has 30 heavy (non-hydrogen) atoms. The molecule has 9 heteroatoms. The predicted molar refractivity (Wildman–Crippen MR) is 108 cm³/mol. The van der Waals surface area contributed by atoms with Gasteiger partial charge < -0.3 is 14.2 Å². The molecule has 0 N–H and O–H groups in total. The van der Waals surface area contributed by atoms with Gasteiger partial charge in [-0.2, -0.15) is 4.31 Å². The monoisotopic (exact) mass is 433 g/mol. The number of nitrogens with zero attached hydrogens (tertiary/aromatic N) is 1. The van der Waals surface area contributed by atoms with Gasteiger partial charge in [-0.25, -0.2) is 18.0 Å². The molecule has 0 atom stereocenters. The van der Waals surface area contributed by atoms with E-state index in [0.29, 0.717) is 24.3 Å². The number of hydrogen-bond acceptors (Lipinski definition) is 7. The minimum absolute atomic E-state index is 0.0642. The lowest BCUT2D eigenvalue weighted by atomic mass is 10.1. The number of esters is 2. The lowest BCUT2D eigenvalue weighted by Crippen LogP contribution is -2.40. The molecule has 1 heterocycles. The fourth-order valence-electron chi connectivity index (χ4n) is 2.94. The molecular formula is C21H23NO7S. The number of rotatable bonds is 7. The maximum absolute atomic E-state index is 12.9. The Morgan fingerprint density at radius 1 is 0.933 bits per heavy atom. The van der Waals surface area contributed by atoms with Gasteiger partial charge in [0.05, 0.1) is 29.2 Å². The molecule has 0 aromatic heterocycles. The summed E-state index contributed by atoms with van der Waals surface area (Å²) in [6.45, 7) is 2.63. The van der Waals surface area contributed by atoms with Gasteiger partial charge in [0.1, 0.15) is 13.2 Å². The van der Waals surface area contributed by atoms with Crippen molar-refractivity contribution in [2.45, 2.75) is 11.8 Å². The summed E-state index contributed by atoms with van der Waals surface area (Å²) in [5.41, 5.74) is 1.05. The van der Waals surface area contributed by atoms with Gasteiger partial charge in [0.15, 0.2) is 0 Å². The number of morpholine rings is 1. The second kappa shape index (κ2) is 9.84. The summed E-state index contributed by atoms with van der Waals surface area (Å²) in [7, 11) is -3.74. The van der Waals surface area contributed by atoms with E-state index in [9.17, 15) is 18.0 Å². The summed E-state index contributed by atoms with van der Waals surface area (Å²) < 4.78 is 42.6. The average Bonchev–Trinajstić information content (AvgIpc) is 2.77. The molecule has 0 saturated carbocycles. The molecule has 2 aromatic rings.